The van der Waals surface area contributed by atoms with Crippen LogP contribution in [0.1, 0.15) is 43.5 Å². The molecule has 0 atom stereocenters. The second-order valence-electron chi connectivity index (χ2n) is 12.3. The van der Waals surface area contributed by atoms with Gasteiger partial charge >= 0.3 is 11.6 Å². The van der Waals surface area contributed by atoms with E-state index in [1.807, 2.05) is 18.2 Å². The number of unbranched alkanes of at least 4 members (excludes halogenated alkanes) is 1. The first-order valence-corrected chi connectivity index (χ1v) is 19.4. The lowest BCUT2D eigenvalue weighted by Gasteiger charge is -2.21. The number of benzene rings is 1. The van der Waals surface area contributed by atoms with Gasteiger partial charge in [0.05, 0.1) is 99.1 Å². The lowest BCUT2D eigenvalue weighted by atomic mass is 10.1. The van der Waals surface area contributed by atoms with Crippen LogP contribution in [-0.4, -0.2) is 152 Å². The molecule has 0 aliphatic rings. The van der Waals surface area contributed by atoms with Crippen LogP contribution in [0.25, 0.3) is 11.0 Å². The summed E-state index contributed by atoms with van der Waals surface area (Å²) in [5, 5.41) is 22.3. The molecule has 0 spiro atoms. The van der Waals surface area contributed by atoms with E-state index in [1.54, 1.807) is 6.07 Å². The second kappa shape index (κ2) is 29.0. The summed E-state index contributed by atoms with van der Waals surface area (Å²) in [4.78, 5) is 43.8. The highest BCUT2D eigenvalue weighted by Gasteiger charge is 2.15. The number of anilines is 1. The summed E-state index contributed by atoms with van der Waals surface area (Å²) in [6, 6.07) is 9.60. The molecule has 0 saturated heterocycles. The van der Waals surface area contributed by atoms with E-state index in [1.165, 1.54) is 12.1 Å². The summed E-state index contributed by atoms with van der Waals surface area (Å²) < 4.78 is 49.9. The van der Waals surface area contributed by atoms with E-state index in [4.69, 9.17) is 47.1 Å². The molecule has 57 heavy (non-hydrogen) atoms. The number of aromatic hydroxyl groups is 2. The van der Waals surface area contributed by atoms with Crippen LogP contribution in [0.5, 0.6) is 11.8 Å². The maximum absolute atomic E-state index is 12.6. The first-order valence-electron chi connectivity index (χ1n) is 19.4. The Morgan fingerprint density at radius 1 is 0.649 bits per heavy atom. The minimum Gasteiger partial charge on any atom is -0.492 e. The molecule has 0 saturated carbocycles. The standard InChI is InChI=1S/C39H59N3O15/c1-3-41(4-2)32-9-8-31-29-33(39(47)56-34(31)30-32)38(46)40-12-14-49-16-18-51-20-22-53-24-26-55-28-27-54-25-23-52-21-19-50-17-15-48-13-6-5-7-37(45)57-42-35(43)10-11-36(42)44/h8-11,29-30,43-44H,3-7,12-28H2,1-2H3,(H,40,46). The molecule has 0 aliphatic carbocycles. The molecule has 18 heteroatoms. The summed E-state index contributed by atoms with van der Waals surface area (Å²) in [5.74, 6) is -1.79. The van der Waals surface area contributed by atoms with E-state index in [0.29, 0.717) is 128 Å². The topological polar surface area (TPSA) is 208 Å². The van der Waals surface area contributed by atoms with Gasteiger partial charge < -0.3 is 67.6 Å². The number of rotatable bonds is 34. The first-order chi connectivity index (χ1) is 27.8. The third-order valence-electron chi connectivity index (χ3n) is 8.14. The third kappa shape index (κ3) is 19.2. The van der Waals surface area contributed by atoms with Crippen molar-refractivity contribution < 1.29 is 67.0 Å². The highest BCUT2D eigenvalue weighted by molar-refractivity contribution is 5.97. The van der Waals surface area contributed by atoms with E-state index < -0.39 is 17.5 Å². The van der Waals surface area contributed by atoms with Crippen LogP contribution >= 0.6 is 0 Å². The number of hydrogen-bond donors (Lipinski definition) is 3. The van der Waals surface area contributed by atoms with Crippen LogP contribution in [0.2, 0.25) is 0 Å². The Kier molecular flexibility index (Phi) is 24.0. The molecule has 0 unspecified atom stereocenters. The van der Waals surface area contributed by atoms with E-state index in [9.17, 15) is 24.6 Å². The van der Waals surface area contributed by atoms with E-state index >= 15 is 0 Å². The molecule has 1 amide bonds. The molecule has 3 N–H and O–H groups in total. The van der Waals surface area contributed by atoms with Crippen molar-refractivity contribution in [2.24, 2.45) is 0 Å². The van der Waals surface area contributed by atoms with Gasteiger partial charge in [-0.3, -0.25) is 4.79 Å². The maximum atomic E-state index is 12.6. The van der Waals surface area contributed by atoms with Crippen molar-refractivity contribution in [1.29, 1.82) is 0 Å². The number of hydrogen-bond acceptors (Lipinski definition) is 16. The minimum atomic E-state index is -0.681. The average molecular weight is 810 g/mol. The van der Waals surface area contributed by atoms with Crippen molar-refractivity contribution >= 4 is 28.5 Å². The van der Waals surface area contributed by atoms with Crippen LogP contribution in [0, 0.1) is 0 Å². The van der Waals surface area contributed by atoms with Gasteiger partial charge in [0, 0.05) is 61.9 Å². The number of carbonyl (C=O) groups is 2. The maximum Gasteiger partial charge on any atom is 0.349 e. The Labute approximate surface area is 332 Å². The fourth-order valence-corrected chi connectivity index (χ4v) is 5.13. The van der Waals surface area contributed by atoms with E-state index in [2.05, 4.69) is 24.1 Å². The van der Waals surface area contributed by atoms with Crippen LogP contribution in [0.15, 0.2) is 45.6 Å². The largest absolute Gasteiger partial charge is 0.492 e. The van der Waals surface area contributed by atoms with Crippen molar-refractivity contribution in [2.75, 3.05) is 130 Å². The van der Waals surface area contributed by atoms with Gasteiger partial charge in [0.1, 0.15) is 11.1 Å². The molecular weight excluding hydrogens is 750 g/mol. The normalized spacial score (nSPS) is 11.3. The average Bonchev–Trinajstić information content (AvgIpc) is 3.52. The van der Waals surface area contributed by atoms with Crippen LogP contribution in [0.3, 0.4) is 0 Å². The minimum absolute atomic E-state index is 0.0475. The van der Waals surface area contributed by atoms with Crippen LogP contribution in [-0.2, 0) is 42.7 Å². The molecule has 0 radical (unpaired) electrons. The van der Waals surface area contributed by atoms with Crippen LogP contribution in [0.4, 0.5) is 5.69 Å². The fraction of sp³-hybridized carbons (Fsp3) is 0.615. The summed E-state index contributed by atoms with van der Waals surface area (Å²) in [6.45, 7) is 12.7. The van der Waals surface area contributed by atoms with Crippen LogP contribution < -0.4 is 20.7 Å². The Balaban J connectivity index is 0.997. The van der Waals surface area contributed by atoms with Gasteiger partial charge in [0.2, 0.25) is 11.8 Å². The summed E-state index contributed by atoms with van der Waals surface area (Å²) in [6.07, 6.45) is 1.32. The molecule has 18 nitrogen and oxygen atoms in total. The molecule has 0 bridgehead atoms. The lowest BCUT2D eigenvalue weighted by Crippen LogP contribution is -2.31. The van der Waals surface area contributed by atoms with Gasteiger partial charge in [-0.25, -0.2) is 9.59 Å². The van der Waals surface area contributed by atoms with Gasteiger partial charge in [-0.05, 0) is 44.9 Å². The Morgan fingerprint density at radius 3 is 1.61 bits per heavy atom. The summed E-state index contributed by atoms with van der Waals surface area (Å²) >= 11 is 0. The second-order valence-corrected chi connectivity index (χ2v) is 12.3. The molecular formula is C39H59N3O15. The van der Waals surface area contributed by atoms with Crippen molar-refractivity contribution in [3.05, 3.63) is 52.4 Å². The molecule has 2 heterocycles. The van der Waals surface area contributed by atoms with Crippen molar-refractivity contribution in [1.82, 2.24) is 10.0 Å². The van der Waals surface area contributed by atoms with Gasteiger partial charge in [-0.1, -0.05) is 0 Å². The molecule has 0 fully saturated rings. The SMILES string of the molecule is CCN(CC)c1ccc2cc(C(=O)NCCOCCOCCOCCOCCOCCOCCOCCOCCCCC(=O)On3c(O)ccc3O)c(=O)oc2c1. The molecule has 0 aliphatic heterocycles. The molecule has 3 rings (SSSR count). The van der Waals surface area contributed by atoms with Crippen molar-refractivity contribution in [3.8, 4) is 11.8 Å². The third-order valence-corrected chi connectivity index (χ3v) is 8.14. The van der Waals surface area contributed by atoms with E-state index in [-0.39, 0.29) is 36.9 Å². The molecule has 1 aromatic carbocycles. The Hall–Kier alpha value is -4.27. The molecule has 2 aromatic heterocycles. The fourth-order valence-electron chi connectivity index (χ4n) is 5.13. The predicted octanol–water partition coefficient (Wildman–Crippen LogP) is 2.54. The highest BCUT2D eigenvalue weighted by Crippen LogP contribution is 2.22. The smallest absolute Gasteiger partial charge is 0.349 e. The number of carbonyl (C=O) groups excluding carboxylic acids is 2. The number of nitrogens with one attached hydrogen (secondary N) is 1. The van der Waals surface area contributed by atoms with Gasteiger partial charge in [0.25, 0.3) is 5.91 Å². The van der Waals surface area contributed by atoms with Gasteiger partial charge in [-0.2, -0.15) is 0 Å². The number of ether oxygens (including phenoxy) is 8. The van der Waals surface area contributed by atoms with Crippen molar-refractivity contribution in [2.45, 2.75) is 33.1 Å². The number of fused-ring (bicyclic) bond motifs is 1. The molecule has 320 valence electrons. The highest BCUT2D eigenvalue weighted by atomic mass is 16.7. The summed E-state index contributed by atoms with van der Waals surface area (Å²) in [7, 11) is 0. The Morgan fingerprint density at radius 2 is 1.12 bits per heavy atom. The number of aromatic nitrogens is 1. The Bertz CT molecular complexity index is 1590. The van der Waals surface area contributed by atoms with Crippen molar-refractivity contribution in [3.63, 3.8) is 0 Å². The van der Waals surface area contributed by atoms with Gasteiger partial charge in [-0.15, -0.1) is 4.73 Å². The molecule has 3 aromatic rings. The monoisotopic (exact) mass is 809 g/mol. The quantitative estimate of drug-likeness (QED) is 0.0585. The van der Waals surface area contributed by atoms with E-state index in [0.717, 1.165) is 18.8 Å². The zero-order valence-electron chi connectivity index (χ0n) is 33.1. The van der Waals surface area contributed by atoms with Gasteiger partial charge in [0.15, 0.2) is 0 Å². The number of nitrogens with zero attached hydrogens (tertiary/aromatic N) is 2. The summed E-state index contributed by atoms with van der Waals surface area (Å²) in [5.41, 5.74) is 0.670. The lowest BCUT2D eigenvalue weighted by molar-refractivity contribution is -0.145. The zero-order chi connectivity index (χ0) is 40.9. The predicted molar refractivity (Wildman–Crippen MR) is 208 cm³/mol. The zero-order valence-corrected chi connectivity index (χ0v) is 33.1. The number of amides is 1. The first kappa shape index (κ1) is 47.1.